The standard InChI is InChI=1S/C22H23N3O.ClH/c1-25(2)14-12-22(16-23,17-7-5-4-6-8-17)20-11-13-24-21-10-9-18(26-3)15-19(20)21;/h4-11,13,15H,12,14H2,1-3H3;1H. The lowest BCUT2D eigenvalue weighted by Gasteiger charge is -2.30. The van der Waals surface area contributed by atoms with E-state index in [4.69, 9.17) is 4.74 Å². The third-order valence-electron chi connectivity index (χ3n) is 4.80. The summed E-state index contributed by atoms with van der Waals surface area (Å²) in [7, 11) is 5.71. The average molecular weight is 382 g/mol. The summed E-state index contributed by atoms with van der Waals surface area (Å²) in [6, 6.07) is 20.4. The summed E-state index contributed by atoms with van der Waals surface area (Å²) >= 11 is 0. The summed E-state index contributed by atoms with van der Waals surface area (Å²) in [6.07, 6.45) is 2.48. The Morgan fingerprint density at radius 1 is 1.11 bits per heavy atom. The van der Waals surface area contributed by atoms with Crippen molar-refractivity contribution in [1.29, 1.82) is 5.26 Å². The zero-order chi connectivity index (χ0) is 18.6. The van der Waals surface area contributed by atoms with E-state index in [2.05, 4.69) is 16.0 Å². The molecular formula is C22H24ClN3O. The van der Waals surface area contributed by atoms with Crippen molar-refractivity contribution in [3.8, 4) is 11.8 Å². The largest absolute Gasteiger partial charge is 0.497 e. The number of nitriles is 1. The smallest absolute Gasteiger partial charge is 0.119 e. The molecule has 0 aliphatic heterocycles. The number of rotatable bonds is 6. The second kappa shape index (κ2) is 8.85. The summed E-state index contributed by atoms with van der Waals surface area (Å²) in [4.78, 5) is 6.59. The molecule has 2 aromatic carbocycles. The van der Waals surface area contributed by atoms with Crippen molar-refractivity contribution in [3.05, 3.63) is 71.9 Å². The van der Waals surface area contributed by atoms with Gasteiger partial charge in [-0.3, -0.25) is 4.98 Å². The van der Waals surface area contributed by atoms with Crippen LogP contribution in [0.1, 0.15) is 17.5 Å². The van der Waals surface area contributed by atoms with E-state index in [1.807, 2.05) is 68.7 Å². The van der Waals surface area contributed by atoms with Gasteiger partial charge in [-0.25, -0.2) is 0 Å². The van der Waals surface area contributed by atoms with Crippen LogP contribution in [0.5, 0.6) is 5.75 Å². The van der Waals surface area contributed by atoms with Crippen molar-refractivity contribution in [2.45, 2.75) is 11.8 Å². The third-order valence-corrected chi connectivity index (χ3v) is 4.80. The molecule has 0 saturated heterocycles. The number of halogens is 1. The van der Waals surface area contributed by atoms with Gasteiger partial charge in [-0.05, 0) is 62.5 Å². The molecule has 27 heavy (non-hydrogen) atoms. The lowest BCUT2D eigenvalue weighted by atomic mass is 9.72. The van der Waals surface area contributed by atoms with E-state index >= 15 is 0 Å². The Labute approximate surface area is 166 Å². The molecule has 0 saturated carbocycles. The molecule has 0 amide bonds. The van der Waals surface area contributed by atoms with Crippen LogP contribution in [0.2, 0.25) is 0 Å². The first kappa shape index (κ1) is 20.7. The predicted molar refractivity (Wildman–Crippen MR) is 112 cm³/mol. The number of pyridine rings is 1. The maximum Gasteiger partial charge on any atom is 0.119 e. The quantitative estimate of drug-likeness (QED) is 0.633. The lowest BCUT2D eigenvalue weighted by molar-refractivity contribution is 0.372. The van der Waals surface area contributed by atoms with Crippen LogP contribution in [0.15, 0.2) is 60.8 Å². The Balaban J connectivity index is 0.00000261. The first-order valence-electron chi connectivity index (χ1n) is 8.65. The highest BCUT2D eigenvalue weighted by molar-refractivity contribution is 5.86. The van der Waals surface area contributed by atoms with Crippen molar-refractivity contribution >= 4 is 23.3 Å². The highest BCUT2D eigenvalue weighted by Gasteiger charge is 2.36. The van der Waals surface area contributed by atoms with E-state index in [0.29, 0.717) is 6.42 Å². The SMILES string of the molecule is COc1ccc2nccc(C(C#N)(CCN(C)C)c3ccccc3)c2c1.Cl. The fourth-order valence-electron chi connectivity index (χ4n) is 3.35. The van der Waals surface area contributed by atoms with Crippen molar-refractivity contribution in [3.63, 3.8) is 0 Å². The Hall–Kier alpha value is -2.61. The highest BCUT2D eigenvalue weighted by Crippen LogP contribution is 2.39. The molecule has 140 valence electrons. The van der Waals surface area contributed by atoms with Crippen LogP contribution in [0.3, 0.4) is 0 Å². The molecule has 0 N–H and O–H groups in total. The van der Waals surface area contributed by atoms with Gasteiger partial charge < -0.3 is 9.64 Å². The number of fused-ring (bicyclic) bond motifs is 1. The minimum Gasteiger partial charge on any atom is -0.497 e. The van der Waals surface area contributed by atoms with Crippen LogP contribution < -0.4 is 4.74 Å². The van der Waals surface area contributed by atoms with Gasteiger partial charge in [0.2, 0.25) is 0 Å². The molecule has 0 spiro atoms. The van der Waals surface area contributed by atoms with Crippen molar-refractivity contribution in [2.24, 2.45) is 0 Å². The van der Waals surface area contributed by atoms with Gasteiger partial charge in [-0.15, -0.1) is 12.4 Å². The number of hydrogen-bond donors (Lipinski definition) is 0. The van der Waals surface area contributed by atoms with E-state index in [1.54, 1.807) is 13.3 Å². The number of methoxy groups -OCH3 is 1. The second-order valence-electron chi connectivity index (χ2n) is 6.68. The fraction of sp³-hybridized carbons (Fsp3) is 0.273. The summed E-state index contributed by atoms with van der Waals surface area (Å²) in [5, 5.41) is 11.3. The molecule has 3 aromatic rings. The summed E-state index contributed by atoms with van der Waals surface area (Å²) in [5.41, 5.74) is 2.08. The Kier molecular flexibility index (Phi) is 6.79. The molecule has 0 aliphatic carbocycles. The molecule has 4 nitrogen and oxygen atoms in total. The van der Waals surface area contributed by atoms with Crippen molar-refractivity contribution < 1.29 is 4.74 Å². The van der Waals surface area contributed by atoms with Gasteiger partial charge in [0.05, 0.1) is 18.7 Å². The lowest BCUT2D eigenvalue weighted by Crippen LogP contribution is -2.31. The van der Waals surface area contributed by atoms with Crippen LogP contribution in [-0.2, 0) is 5.41 Å². The van der Waals surface area contributed by atoms with Crippen LogP contribution in [0.4, 0.5) is 0 Å². The Bertz CT molecular complexity index is 937. The van der Waals surface area contributed by atoms with Crippen LogP contribution >= 0.6 is 12.4 Å². The zero-order valence-corrected chi connectivity index (χ0v) is 16.7. The minimum atomic E-state index is -0.751. The number of aromatic nitrogens is 1. The van der Waals surface area contributed by atoms with E-state index in [1.165, 1.54) is 0 Å². The average Bonchev–Trinajstić information content (AvgIpc) is 2.69. The Morgan fingerprint density at radius 3 is 2.48 bits per heavy atom. The van der Waals surface area contributed by atoms with Gasteiger partial charge in [0.15, 0.2) is 0 Å². The van der Waals surface area contributed by atoms with Gasteiger partial charge in [-0.2, -0.15) is 5.26 Å². The zero-order valence-electron chi connectivity index (χ0n) is 15.8. The molecule has 1 aromatic heterocycles. The number of hydrogen-bond acceptors (Lipinski definition) is 4. The monoisotopic (exact) mass is 381 g/mol. The van der Waals surface area contributed by atoms with E-state index in [-0.39, 0.29) is 12.4 Å². The predicted octanol–water partition coefficient (Wildman–Crippen LogP) is 4.43. The van der Waals surface area contributed by atoms with Gasteiger partial charge in [-0.1, -0.05) is 30.3 Å². The van der Waals surface area contributed by atoms with E-state index in [9.17, 15) is 5.26 Å². The molecule has 1 atom stereocenters. The maximum absolute atomic E-state index is 10.4. The number of nitrogens with zero attached hydrogens (tertiary/aromatic N) is 3. The van der Waals surface area contributed by atoms with Crippen LogP contribution in [0.25, 0.3) is 10.9 Å². The maximum atomic E-state index is 10.4. The highest BCUT2D eigenvalue weighted by atomic mass is 35.5. The Morgan fingerprint density at radius 2 is 1.85 bits per heavy atom. The first-order chi connectivity index (χ1) is 12.6. The fourth-order valence-corrected chi connectivity index (χ4v) is 3.35. The second-order valence-corrected chi connectivity index (χ2v) is 6.68. The molecule has 5 heteroatoms. The minimum absolute atomic E-state index is 0. The molecular weight excluding hydrogens is 358 g/mol. The van der Waals surface area contributed by atoms with Crippen molar-refractivity contribution in [1.82, 2.24) is 9.88 Å². The molecule has 3 rings (SSSR count). The summed E-state index contributed by atoms with van der Waals surface area (Å²) in [6.45, 7) is 0.802. The molecule has 1 unspecified atom stereocenters. The molecule has 0 radical (unpaired) electrons. The van der Waals surface area contributed by atoms with Crippen LogP contribution in [0, 0.1) is 11.3 Å². The van der Waals surface area contributed by atoms with E-state index in [0.717, 1.165) is 34.3 Å². The van der Waals surface area contributed by atoms with Gasteiger partial charge in [0.25, 0.3) is 0 Å². The molecule has 0 aliphatic rings. The summed E-state index contributed by atoms with van der Waals surface area (Å²) < 4.78 is 5.41. The van der Waals surface area contributed by atoms with Gasteiger partial charge >= 0.3 is 0 Å². The van der Waals surface area contributed by atoms with Gasteiger partial charge in [0.1, 0.15) is 11.2 Å². The number of ether oxygens (including phenoxy) is 1. The molecule has 0 fully saturated rings. The summed E-state index contributed by atoms with van der Waals surface area (Å²) in [5.74, 6) is 0.763. The van der Waals surface area contributed by atoms with Crippen molar-refractivity contribution in [2.75, 3.05) is 27.7 Å². The first-order valence-corrected chi connectivity index (χ1v) is 8.65. The number of benzene rings is 2. The van der Waals surface area contributed by atoms with Crippen LogP contribution in [-0.4, -0.2) is 37.6 Å². The third kappa shape index (κ3) is 4.05. The van der Waals surface area contributed by atoms with Gasteiger partial charge in [0, 0.05) is 11.6 Å². The molecule has 1 heterocycles. The van der Waals surface area contributed by atoms with E-state index < -0.39 is 5.41 Å². The molecule has 0 bridgehead atoms. The normalized spacial score (nSPS) is 12.9. The topological polar surface area (TPSA) is 49.1 Å².